The molecule has 5 heteroatoms. The Hall–Kier alpha value is -3.18. The molecule has 1 atom stereocenters. The van der Waals surface area contributed by atoms with Crippen LogP contribution in [0.2, 0.25) is 0 Å². The Morgan fingerprint density at radius 3 is 2.39 bits per heavy atom. The van der Waals surface area contributed by atoms with Crippen molar-refractivity contribution in [1.29, 1.82) is 0 Å². The molecule has 1 fully saturated rings. The van der Waals surface area contributed by atoms with Gasteiger partial charge in [-0.2, -0.15) is 0 Å². The fourth-order valence-corrected chi connectivity index (χ4v) is 4.03. The fraction of sp³-hybridized carbons (Fsp3) is 0.269. The van der Waals surface area contributed by atoms with Crippen molar-refractivity contribution in [3.05, 3.63) is 101 Å². The molecule has 1 aliphatic rings. The molecule has 0 aromatic heterocycles. The highest BCUT2D eigenvalue weighted by Crippen LogP contribution is 2.21. The Morgan fingerprint density at radius 1 is 0.935 bits per heavy atom. The number of anilines is 1. The van der Waals surface area contributed by atoms with E-state index in [-0.39, 0.29) is 17.8 Å². The molecule has 1 saturated heterocycles. The Kier molecular flexibility index (Phi) is 6.63. The molecule has 0 saturated carbocycles. The third kappa shape index (κ3) is 5.30. The number of para-hydroxylation sites is 1. The lowest BCUT2D eigenvalue weighted by Gasteiger charge is -2.36. The molecule has 4 nitrogen and oxygen atoms in total. The maximum atomic E-state index is 14.0. The standard InChI is InChI=1S/C26H28FN3O/c1-20(22-9-3-2-4-10-22)28-26(31)23-11-7-8-21(18-23)19-29-14-16-30(17-15-29)25-13-6-5-12-24(25)27/h2-13,18,20H,14-17,19H2,1H3,(H,28,31). The van der Waals surface area contributed by atoms with E-state index in [1.807, 2.05) is 67.6 Å². The molecule has 31 heavy (non-hydrogen) atoms. The first kappa shape index (κ1) is 21.1. The van der Waals surface area contributed by atoms with Crippen LogP contribution in [0.4, 0.5) is 10.1 Å². The summed E-state index contributed by atoms with van der Waals surface area (Å²) in [5.74, 6) is -0.234. The van der Waals surface area contributed by atoms with Crippen LogP contribution in [-0.2, 0) is 6.54 Å². The number of halogens is 1. The molecule has 0 aliphatic carbocycles. The van der Waals surface area contributed by atoms with Gasteiger partial charge in [-0.1, -0.05) is 54.6 Å². The topological polar surface area (TPSA) is 35.6 Å². The highest BCUT2D eigenvalue weighted by atomic mass is 19.1. The maximum Gasteiger partial charge on any atom is 0.251 e. The van der Waals surface area contributed by atoms with Gasteiger partial charge in [0.25, 0.3) is 5.91 Å². The first-order valence-electron chi connectivity index (χ1n) is 10.8. The third-order valence-electron chi connectivity index (χ3n) is 5.81. The molecule has 4 rings (SSSR count). The fourth-order valence-electron chi connectivity index (χ4n) is 4.03. The van der Waals surface area contributed by atoms with Gasteiger partial charge in [0.05, 0.1) is 11.7 Å². The van der Waals surface area contributed by atoms with Crippen LogP contribution >= 0.6 is 0 Å². The highest BCUT2D eigenvalue weighted by molar-refractivity contribution is 5.94. The summed E-state index contributed by atoms with van der Waals surface area (Å²) in [5, 5.41) is 3.08. The number of piperazine rings is 1. The van der Waals surface area contributed by atoms with E-state index >= 15 is 0 Å². The van der Waals surface area contributed by atoms with E-state index in [0.717, 1.165) is 43.9 Å². The molecule has 1 unspecified atom stereocenters. The number of hydrogen-bond donors (Lipinski definition) is 1. The SMILES string of the molecule is CC(NC(=O)c1cccc(CN2CCN(c3ccccc3F)CC2)c1)c1ccccc1. The summed E-state index contributed by atoms with van der Waals surface area (Å²) in [6.45, 7) is 6.06. The van der Waals surface area contributed by atoms with E-state index < -0.39 is 0 Å². The van der Waals surface area contributed by atoms with Crippen molar-refractivity contribution in [3.63, 3.8) is 0 Å². The van der Waals surface area contributed by atoms with E-state index in [1.54, 1.807) is 6.07 Å². The van der Waals surface area contributed by atoms with Gasteiger partial charge in [0.2, 0.25) is 0 Å². The molecule has 3 aromatic rings. The van der Waals surface area contributed by atoms with Gasteiger partial charge in [0.1, 0.15) is 5.82 Å². The van der Waals surface area contributed by atoms with Gasteiger partial charge < -0.3 is 10.2 Å². The van der Waals surface area contributed by atoms with Crippen molar-refractivity contribution in [2.45, 2.75) is 19.5 Å². The summed E-state index contributed by atoms with van der Waals surface area (Å²) in [6.07, 6.45) is 0. The molecule has 1 aliphatic heterocycles. The van der Waals surface area contributed by atoms with Gasteiger partial charge in [0, 0.05) is 38.3 Å². The van der Waals surface area contributed by atoms with Gasteiger partial charge in [-0.3, -0.25) is 9.69 Å². The summed E-state index contributed by atoms with van der Waals surface area (Å²) >= 11 is 0. The lowest BCUT2D eigenvalue weighted by molar-refractivity contribution is 0.0939. The second-order valence-corrected chi connectivity index (χ2v) is 8.02. The first-order valence-corrected chi connectivity index (χ1v) is 10.8. The van der Waals surface area contributed by atoms with Crippen molar-refractivity contribution in [2.24, 2.45) is 0 Å². The second-order valence-electron chi connectivity index (χ2n) is 8.02. The average molecular weight is 418 g/mol. The number of benzene rings is 3. The van der Waals surface area contributed by atoms with Gasteiger partial charge in [-0.15, -0.1) is 0 Å². The number of amides is 1. The van der Waals surface area contributed by atoms with Gasteiger partial charge in [-0.25, -0.2) is 4.39 Å². The van der Waals surface area contributed by atoms with E-state index in [1.165, 1.54) is 6.07 Å². The van der Waals surface area contributed by atoms with Crippen molar-refractivity contribution < 1.29 is 9.18 Å². The van der Waals surface area contributed by atoms with Gasteiger partial charge in [0.15, 0.2) is 0 Å². The quantitative estimate of drug-likeness (QED) is 0.635. The lowest BCUT2D eigenvalue weighted by Crippen LogP contribution is -2.46. The zero-order valence-corrected chi connectivity index (χ0v) is 17.8. The predicted molar refractivity (Wildman–Crippen MR) is 123 cm³/mol. The zero-order valence-electron chi connectivity index (χ0n) is 17.8. The summed E-state index contributed by atoms with van der Waals surface area (Å²) in [5.41, 5.74) is 3.54. The van der Waals surface area contributed by atoms with E-state index in [9.17, 15) is 9.18 Å². The molecule has 3 aromatic carbocycles. The van der Waals surface area contributed by atoms with E-state index in [2.05, 4.69) is 21.2 Å². The largest absolute Gasteiger partial charge is 0.367 e. The van der Waals surface area contributed by atoms with Crippen molar-refractivity contribution >= 4 is 11.6 Å². The highest BCUT2D eigenvalue weighted by Gasteiger charge is 2.20. The predicted octanol–water partition coefficient (Wildman–Crippen LogP) is 4.64. The molecule has 160 valence electrons. The number of hydrogen-bond acceptors (Lipinski definition) is 3. The van der Waals surface area contributed by atoms with Crippen LogP contribution in [0.1, 0.15) is 34.5 Å². The molecule has 0 bridgehead atoms. The molecule has 0 radical (unpaired) electrons. The lowest BCUT2D eigenvalue weighted by atomic mass is 10.1. The average Bonchev–Trinajstić information content (AvgIpc) is 2.81. The summed E-state index contributed by atoms with van der Waals surface area (Å²) in [4.78, 5) is 17.2. The van der Waals surface area contributed by atoms with Crippen molar-refractivity contribution in [3.8, 4) is 0 Å². The summed E-state index contributed by atoms with van der Waals surface area (Å²) in [6, 6.07) is 24.7. The Labute approximate surface area is 183 Å². The number of carbonyl (C=O) groups excluding carboxylic acids is 1. The van der Waals surface area contributed by atoms with Gasteiger partial charge in [-0.05, 0) is 42.3 Å². The Balaban J connectivity index is 1.34. The smallest absolute Gasteiger partial charge is 0.251 e. The number of rotatable bonds is 6. The molecule has 1 heterocycles. The van der Waals surface area contributed by atoms with Crippen LogP contribution in [0.15, 0.2) is 78.9 Å². The van der Waals surface area contributed by atoms with Crippen LogP contribution in [-0.4, -0.2) is 37.0 Å². The number of nitrogens with one attached hydrogen (secondary N) is 1. The minimum Gasteiger partial charge on any atom is -0.367 e. The maximum absolute atomic E-state index is 14.0. The molecule has 1 N–H and O–H groups in total. The molecule has 0 spiro atoms. The zero-order chi connectivity index (χ0) is 21.6. The molecular formula is C26H28FN3O. The molecule has 1 amide bonds. The van der Waals surface area contributed by atoms with Crippen LogP contribution in [0.25, 0.3) is 0 Å². The Bertz CT molecular complexity index is 1020. The van der Waals surface area contributed by atoms with E-state index in [0.29, 0.717) is 11.3 Å². The monoisotopic (exact) mass is 417 g/mol. The Morgan fingerprint density at radius 2 is 1.65 bits per heavy atom. The first-order chi connectivity index (χ1) is 15.1. The van der Waals surface area contributed by atoms with Crippen LogP contribution in [0, 0.1) is 5.82 Å². The third-order valence-corrected chi connectivity index (χ3v) is 5.81. The summed E-state index contributed by atoms with van der Waals surface area (Å²) < 4.78 is 14.0. The molecular weight excluding hydrogens is 389 g/mol. The van der Waals surface area contributed by atoms with Gasteiger partial charge >= 0.3 is 0 Å². The summed E-state index contributed by atoms with van der Waals surface area (Å²) in [7, 11) is 0. The van der Waals surface area contributed by atoms with E-state index in [4.69, 9.17) is 0 Å². The second kappa shape index (κ2) is 9.75. The van der Waals surface area contributed by atoms with Crippen LogP contribution < -0.4 is 10.2 Å². The normalized spacial score (nSPS) is 15.5. The minimum absolute atomic E-state index is 0.0520. The minimum atomic E-state index is -0.167. The van der Waals surface area contributed by atoms with Crippen LogP contribution in [0.5, 0.6) is 0 Å². The number of carbonyl (C=O) groups is 1. The number of nitrogens with zero attached hydrogens (tertiary/aromatic N) is 2. The van der Waals surface area contributed by atoms with Crippen molar-refractivity contribution in [1.82, 2.24) is 10.2 Å². The van der Waals surface area contributed by atoms with Crippen LogP contribution in [0.3, 0.4) is 0 Å². The van der Waals surface area contributed by atoms with Crippen molar-refractivity contribution in [2.75, 3.05) is 31.1 Å².